The maximum absolute atomic E-state index is 12.3. The molecule has 0 bridgehead atoms. The minimum Gasteiger partial charge on any atom is -0.489 e. The van der Waals surface area contributed by atoms with Crippen molar-refractivity contribution in [1.29, 1.82) is 0 Å². The van der Waals surface area contributed by atoms with E-state index in [1.807, 2.05) is 38.1 Å². The first kappa shape index (κ1) is 17.5. The van der Waals surface area contributed by atoms with Gasteiger partial charge in [-0.25, -0.2) is 0 Å². The van der Waals surface area contributed by atoms with Crippen molar-refractivity contribution in [2.24, 2.45) is 0 Å². The highest BCUT2D eigenvalue weighted by molar-refractivity contribution is 6.02. The fraction of sp³-hybridized carbons (Fsp3) is 0.211. The molecule has 0 atom stereocenters. The lowest BCUT2D eigenvalue weighted by Gasteiger charge is -2.15. The number of benzene rings is 1. The van der Waals surface area contributed by atoms with Gasteiger partial charge in [0.1, 0.15) is 17.2 Å². The summed E-state index contributed by atoms with van der Waals surface area (Å²) in [5.41, 5.74) is 1.80. The van der Waals surface area contributed by atoms with Gasteiger partial charge in [0.2, 0.25) is 0 Å². The van der Waals surface area contributed by atoms with Crippen LogP contribution in [0, 0.1) is 6.92 Å². The van der Waals surface area contributed by atoms with Gasteiger partial charge in [-0.3, -0.25) is 9.78 Å². The van der Waals surface area contributed by atoms with E-state index in [0.29, 0.717) is 11.6 Å². The molecule has 0 aliphatic carbocycles. The van der Waals surface area contributed by atoms with Crippen molar-refractivity contribution < 1.29 is 14.1 Å². The Morgan fingerprint density at radius 2 is 2.00 bits per heavy atom. The first-order valence-electron chi connectivity index (χ1n) is 8.24. The number of hydrogen-bond donors (Lipinski definition) is 2. The van der Waals surface area contributed by atoms with E-state index >= 15 is 0 Å². The first-order valence-corrected chi connectivity index (χ1v) is 8.24. The molecule has 0 unspecified atom stereocenters. The molecule has 26 heavy (non-hydrogen) atoms. The zero-order chi connectivity index (χ0) is 18.5. The van der Waals surface area contributed by atoms with Gasteiger partial charge in [-0.05, 0) is 45.0 Å². The van der Waals surface area contributed by atoms with Crippen molar-refractivity contribution in [2.45, 2.75) is 26.9 Å². The SMILES string of the molecule is Cc1cc(NC(=O)c2cc(Nc3ccccc3OC(C)C)ccn2)no1. The van der Waals surface area contributed by atoms with Crippen LogP contribution in [0.15, 0.2) is 53.2 Å². The van der Waals surface area contributed by atoms with Crippen LogP contribution >= 0.6 is 0 Å². The third-order valence-electron chi connectivity index (χ3n) is 3.39. The fourth-order valence-corrected chi connectivity index (χ4v) is 2.32. The Labute approximate surface area is 151 Å². The fourth-order valence-electron chi connectivity index (χ4n) is 2.32. The molecule has 0 fully saturated rings. The van der Waals surface area contributed by atoms with Gasteiger partial charge in [-0.2, -0.15) is 0 Å². The summed E-state index contributed by atoms with van der Waals surface area (Å²) in [5, 5.41) is 9.65. The molecular formula is C19H20N4O3. The van der Waals surface area contributed by atoms with Gasteiger partial charge in [0.05, 0.1) is 11.8 Å². The lowest BCUT2D eigenvalue weighted by Crippen LogP contribution is -2.14. The van der Waals surface area contributed by atoms with E-state index < -0.39 is 0 Å². The van der Waals surface area contributed by atoms with Gasteiger partial charge in [0, 0.05) is 18.0 Å². The summed E-state index contributed by atoms with van der Waals surface area (Å²) in [6.45, 7) is 5.69. The predicted octanol–water partition coefficient (Wildman–Crippen LogP) is 4.16. The van der Waals surface area contributed by atoms with Crippen molar-refractivity contribution >= 4 is 23.1 Å². The number of amides is 1. The number of aryl methyl sites for hydroxylation is 1. The normalized spacial score (nSPS) is 10.6. The van der Waals surface area contributed by atoms with Crippen LogP contribution in [0.25, 0.3) is 0 Å². The zero-order valence-corrected chi connectivity index (χ0v) is 14.8. The summed E-state index contributed by atoms with van der Waals surface area (Å²) >= 11 is 0. The maximum atomic E-state index is 12.3. The highest BCUT2D eigenvalue weighted by atomic mass is 16.5. The Hall–Kier alpha value is -3.35. The van der Waals surface area contributed by atoms with E-state index in [1.54, 1.807) is 31.3 Å². The third kappa shape index (κ3) is 4.38. The Kier molecular flexibility index (Phi) is 5.17. The van der Waals surface area contributed by atoms with Crippen LogP contribution < -0.4 is 15.4 Å². The monoisotopic (exact) mass is 352 g/mol. The summed E-state index contributed by atoms with van der Waals surface area (Å²) < 4.78 is 10.7. The Morgan fingerprint density at radius 1 is 1.19 bits per heavy atom. The average Bonchev–Trinajstić information content (AvgIpc) is 3.01. The van der Waals surface area contributed by atoms with Gasteiger partial charge in [0.15, 0.2) is 5.82 Å². The Morgan fingerprint density at radius 3 is 2.73 bits per heavy atom. The summed E-state index contributed by atoms with van der Waals surface area (Å²) in [6.07, 6.45) is 1.62. The smallest absolute Gasteiger partial charge is 0.275 e. The lowest BCUT2D eigenvalue weighted by atomic mass is 10.2. The maximum Gasteiger partial charge on any atom is 0.275 e. The number of carbonyl (C=O) groups is 1. The molecule has 3 rings (SSSR count). The summed E-state index contributed by atoms with van der Waals surface area (Å²) in [6, 6.07) is 12.7. The van der Waals surface area contributed by atoms with Crippen LogP contribution in [0.2, 0.25) is 0 Å². The first-order chi connectivity index (χ1) is 12.5. The molecule has 0 saturated carbocycles. The minimum absolute atomic E-state index is 0.0580. The number of nitrogens with one attached hydrogen (secondary N) is 2. The number of ether oxygens (including phenoxy) is 1. The van der Waals surface area contributed by atoms with E-state index in [9.17, 15) is 4.79 Å². The second kappa shape index (κ2) is 7.69. The molecule has 2 N–H and O–H groups in total. The molecule has 0 aliphatic heterocycles. The van der Waals surface area contributed by atoms with Gasteiger partial charge in [-0.15, -0.1) is 0 Å². The van der Waals surface area contributed by atoms with Crippen LogP contribution in [0.3, 0.4) is 0 Å². The number of pyridine rings is 1. The van der Waals surface area contributed by atoms with Crippen LogP contribution in [0.1, 0.15) is 30.1 Å². The van der Waals surface area contributed by atoms with Crippen LogP contribution in [-0.4, -0.2) is 22.2 Å². The van der Waals surface area contributed by atoms with Gasteiger partial charge >= 0.3 is 0 Å². The minimum atomic E-state index is -0.367. The molecule has 134 valence electrons. The van der Waals surface area contributed by atoms with Crippen LogP contribution in [0.4, 0.5) is 17.2 Å². The number of carbonyl (C=O) groups excluding carboxylic acids is 1. The number of hydrogen-bond acceptors (Lipinski definition) is 6. The number of para-hydroxylation sites is 2. The van der Waals surface area contributed by atoms with Crippen molar-refractivity contribution in [2.75, 3.05) is 10.6 Å². The van der Waals surface area contributed by atoms with Gasteiger partial charge in [-0.1, -0.05) is 17.3 Å². The predicted molar refractivity (Wildman–Crippen MR) is 98.9 cm³/mol. The molecule has 0 spiro atoms. The standard InChI is InChI=1S/C19H20N4O3/c1-12(2)25-17-7-5-4-6-15(17)21-14-8-9-20-16(11-14)19(24)22-18-10-13(3)26-23-18/h4-12H,1-3H3,(H,20,21)(H,22,23,24). The molecule has 0 aliphatic rings. The molecule has 2 aromatic heterocycles. The molecule has 7 nitrogen and oxygen atoms in total. The molecule has 7 heteroatoms. The van der Waals surface area contributed by atoms with Gasteiger partial charge in [0.25, 0.3) is 5.91 Å². The quantitative estimate of drug-likeness (QED) is 0.692. The number of anilines is 3. The van der Waals surface area contributed by atoms with E-state index in [-0.39, 0.29) is 17.7 Å². The van der Waals surface area contributed by atoms with E-state index in [0.717, 1.165) is 17.1 Å². The summed E-state index contributed by atoms with van der Waals surface area (Å²) in [5.74, 6) is 1.34. The molecule has 1 amide bonds. The van der Waals surface area contributed by atoms with Crippen molar-refractivity contribution in [3.05, 3.63) is 60.1 Å². The van der Waals surface area contributed by atoms with Gasteiger partial charge < -0.3 is 19.9 Å². The summed E-state index contributed by atoms with van der Waals surface area (Å²) in [7, 11) is 0. The Bertz CT molecular complexity index is 905. The molecule has 1 aromatic carbocycles. The highest BCUT2D eigenvalue weighted by Crippen LogP contribution is 2.28. The third-order valence-corrected chi connectivity index (χ3v) is 3.39. The van der Waals surface area contributed by atoms with Crippen LogP contribution in [-0.2, 0) is 0 Å². The molecule has 0 saturated heterocycles. The second-order valence-electron chi connectivity index (χ2n) is 5.99. The lowest BCUT2D eigenvalue weighted by molar-refractivity contribution is 0.102. The van der Waals surface area contributed by atoms with Crippen molar-refractivity contribution in [3.8, 4) is 5.75 Å². The van der Waals surface area contributed by atoms with Crippen molar-refractivity contribution in [3.63, 3.8) is 0 Å². The van der Waals surface area contributed by atoms with Crippen LogP contribution in [0.5, 0.6) is 5.75 Å². The molecule has 0 radical (unpaired) electrons. The number of aromatic nitrogens is 2. The number of rotatable bonds is 6. The van der Waals surface area contributed by atoms with E-state index in [2.05, 4.69) is 20.8 Å². The molecule has 3 aromatic rings. The average molecular weight is 352 g/mol. The van der Waals surface area contributed by atoms with Crippen molar-refractivity contribution in [1.82, 2.24) is 10.1 Å². The molecule has 2 heterocycles. The van der Waals surface area contributed by atoms with E-state index in [1.165, 1.54) is 0 Å². The summed E-state index contributed by atoms with van der Waals surface area (Å²) in [4.78, 5) is 16.4. The topological polar surface area (TPSA) is 89.3 Å². The largest absolute Gasteiger partial charge is 0.489 e. The van der Waals surface area contributed by atoms with E-state index in [4.69, 9.17) is 9.26 Å². The Balaban J connectivity index is 1.76. The second-order valence-corrected chi connectivity index (χ2v) is 5.99. The zero-order valence-electron chi connectivity index (χ0n) is 14.8. The number of nitrogens with zero attached hydrogens (tertiary/aromatic N) is 2. The highest BCUT2D eigenvalue weighted by Gasteiger charge is 2.12. The molecular weight excluding hydrogens is 332 g/mol.